The molecule has 1 aliphatic heterocycles. The second kappa shape index (κ2) is 7.35. The zero-order chi connectivity index (χ0) is 17.9. The number of anilines is 2. The van der Waals surface area contributed by atoms with Gasteiger partial charge in [-0.2, -0.15) is 0 Å². The van der Waals surface area contributed by atoms with Gasteiger partial charge in [0.05, 0.1) is 22.1 Å². The molecule has 7 heteroatoms. The molecule has 2 aromatic heterocycles. The molecule has 1 aromatic carbocycles. The summed E-state index contributed by atoms with van der Waals surface area (Å²) in [5.41, 5.74) is 1.89. The van der Waals surface area contributed by atoms with Crippen molar-refractivity contribution in [1.82, 2.24) is 10.3 Å². The number of thiophene rings is 1. The van der Waals surface area contributed by atoms with Crippen LogP contribution in [0.4, 0.5) is 10.7 Å². The first-order valence-corrected chi connectivity index (χ1v) is 9.37. The van der Waals surface area contributed by atoms with Gasteiger partial charge in [-0.1, -0.05) is 17.7 Å². The van der Waals surface area contributed by atoms with Crippen LogP contribution in [-0.2, 0) is 6.54 Å². The van der Waals surface area contributed by atoms with Gasteiger partial charge in [0, 0.05) is 24.0 Å². The molecule has 1 aliphatic rings. The maximum absolute atomic E-state index is 12.4. The number of amides is 1. The van der Waals surface area contributed by atoms with Crippen molar-refractivity contribution in [3.05, 3.63) is 70.3 Å². The van der Waals surface area contributed by atoms with E-state index in [0.717, 1.165) is 22.0 Å². The number of ether oxygens (including phenoxy) is 1. The van der Waals surface area contributed by atoms with Crippen LogP contribution in [0.1, 0.15) is 15.2 Å². The fourth-order valence-corrected chi connectivity index (χ4v) is 3.92. The topological polar surface area (TPSA) is 54.5 Å². The second-order valence-corrected chi connectivity index (χ2v) is 7.29. The molecule has 0 spiro atoms. The van der Waals surface area contributed by atoms with E-state index < -0.39 is 0 Å². The Morgan fingerprint density at radius 3 is 3.08 bits per heavy atom. The number of carbonyl (C=O) groups is 1. The standard InChI is InChI=1S/C19H16ClN3O2S/c20-14-3-4-16-15(10-14)23(8-9-25-16)18-6-5-17(26-18)19(24)22-12-13-2-1-7-21-11-13/h1-7,10-11H,8-9,12H2,(H,22,24). The van der Waals surface area contributed by atoms with Gasteiger partial charge in [-0.3, -0.25) is 9.78 Å². The predicted molar refractivity (Wildman–Crippen MR) is 104 cm³/mol. The highest BCUT2D eigenvalue weighted by atomic mass is 35.5. The normalized spacial score (nSPS) is 13.0. The number of pyridine rings is 1. The van der Waals surface area contributed by atoms with Crippen LogP contribution in [0.3, 0.4) is 0 Å². The average Bonchev–Trinajstić information content (AvgIpc) is 3.16. The summed E-state index contributed by atoms with van der Waals surface area (Å²) in [5, 5.41) is 4.57. The highest BCUT2D eigenvalue weighted by Crippen LogP contribution is 2.40. The minimum Gasteiger partial charge on any atom is -0.490 e. The summed E-state index contributed by atoms with van der Waals surface area (Å²) in [6.45, 7) is 1.76. The van der Waals surface area contributed by atoms with Gasteiger partial charge in [-0.25, -0.2) is 0 Å². The number of nitrogens with zero attached hydrogens (tertiary/aromatic N) is 2. The second-order valence-electron chi connectivity index (χ2n) is 5.79. The van der Waals surface area contributed by atoms with Crippen LogP contribution in [0.25, 0.3) is 0 Å². The Balaban J connectivity index is 1.50. The van der Waals surface area contributed by atoms with Gasteiger partial charge in [0.2, 0.25) is 0 Å². The van der Waals surface area contributed by atoms with Gasteiger partial charge in [-0.05, 0) is 42.0 Å². The fourth-order valence-electron chi connectivity index (χ4n) is 2.79. The van der Waals surface area contributed by atoms with Crippen LogP contribution in [-0.4, -0.2) is 24.0 Å². The number of fused-ring (bicyclic) bond motifs is 1. The lowest BCUT2D eigenvalue weighted by atomic mass is 10.2. The van der Waals surface area contributed by atoms with E-state index in [1.165, 1.54) is 11.3 Å². The minimum atomic E-state index is -0.0929. The Morgan fingerprint density at radius 1 is 1.31 bits per heavy atom. The molecule has 0 atom stereocenters. The molecule has 4 rings (SSSR count). The van der Waals surface area contributed by atoms with Gasteiger partial charge in [0.25, 0.3) is 5.91 Å². The third kappa shape index (κ3) is 3.52. The molecule has 3 heterocycles. The molecular weight excluding hydrogens is 370 g/mol. The quantitative estimate of drug-likeness (QED) is 0.729. The lowest BCUT2D eigenvalue weighted by Gasteiger charge is -2.30. The summed E-state index contributed by atoms with van der Waals surface area (Å²) in [7, 11) is 0. The maximum atomic E-state index is 12.4. The molecule has 26 heavy (non-hydrogen) atoms. The van der Waals surface area contributed by atoms with E-state index in [1.54, 1.807) is 12.4 Å². The molecule has 0 unspecified atom stereocenters. The van der Waals surface area contributed by atoms with Crippen LogP contribution in [0.2, 0.25) is 5.02 Å². The lowest BCUT2D eigenvalue weighted by molar-refractivity contribution is 0.0955. The molecule has 0 aliphatic carbocycles. The third-order valence-corrected chi connectivity index (χ3v) is 5.38. The summed E-state index contributed by atoms with van der Waals surface area (Å²) in [5.74, 6) is 0.710. The number of hydrogen-bond acceptors (Lipinski definition) is 5. The maximum Gasteiger partial charge on any atom is 0.261 e. The van der Waals surface area contributed by atoms with Crippen molar-refractivity contribution in [1.29, 1.82) is 0 Å². The van der Waals surface area contributed by atoms with Crippen molar-refractivity contribution < 1.29 is 9.53 Å². The molecule has 0 bridgehead atoms. The summed E-state index contributed by atoms with van der Waals surface area (Å²) < 4.78 is 5.69. The molecular formula is C19H16ClN3O2S. The van der Waals surface area contributed by atoms with Crippen molar-refractivity contribution in [2.45, 2.75) is 6.54 Å². The van der Waals surface area contributed by atoms with E-state index in [9.17, 15) is 4.79 Å². The van der Waals surface area contributed by atoms with Crippen LogP contribution in [0.5, 0.6) is 5.75 Å². The van der Waals surface area contributed by atoms with Crippen molar-refractivity contribution in [3.8, 4) is 5.75 Å². The summed E-state index contributed by atoms with van der Waals surface area (Å²) >= 11 is 7.59. The molecule has 132 valence electrons. The zero-order valence-corrected chi connectivity index (χ0v) is 15.4. The Kier molecular flexibility index (Phi) is 4.77. The molecule has 0 radical (unpaired) electrons. The van der Waals surface area contributed by atoms with Gasteiger partial charge >= 0.3 is 0 Å². The SMILES string of the molecule is O=C(NCc1cccnc1)c1ccc(N2CCOc3ccc(Cl)cc32)s1. The monoisotopic (exact) mass is 385 g/mol. The first-order chi connectivity index (χ1) is 12.7. The van der Waals surface area contributed by atoms with E-state index in [-0.39, 0.29) is 5.91 Å². The number of rotatable bonds is 4. The van der Waals surface area contributed by atoms with Gasteiger partial charge in [-0.15, -0.1) is 11.3 Å². The van der Waals surface area contributed by atoms with Gasteiger partial charge < -0.3 is 15.0 Å². The van der Waals surface area contributed by atoms with Crippen LogP contribution >= 0.6 is 22.9 Å². The predicted octanol–water partition coefficient (Wildman–Crippen LogP) is 4.26. The Labute approximate surface area is 160 Å². The molecule has 3 aromatic rings. The van der Waals surface area contributed by atoms with Crippen LogP contribution < -0.4 is 15.0 Å². The molecule has 0 saturated carbocycles. The molecule has 1 N–H and O–H groups in total. The largest absolute Gasteiger partial charge is 0.490 e. The van der Waals surface area contributed by atoms with E-state index in [1.807, 2.05) is 42.5 Å². The Hall–Kier alpha value is -2.57. The number of benzene rings is 1. The van der Waals surface area contributed by atoms with E-state index in [4.69, 9.17) is 16.3 Å². The highest BCUT2D eigenvalue weighted by molar-refractivity contribution is 7.18. The molecule has 1 amide bonds. The van der Waals surface area contributed by atoms with Gasteiger partial charge in [0.1, 0.15) is 12.4 Å². The van der Waals surface area contributed by atoms with Crippen LogP contribution in [0, 0.1) is 0 Å². The van der Waals surface area contributed by atoms with Crippen molar-refractivity contribution in [2.75, 3.05) is 18.1 Å². The van der Waals surface area contributed by atoms with E-state index in [0.29, 0.717) is 29.6 Å². The Bertz CT molecular complexity index is 930. The smallest absolute Gasteiger partial charge is 0.261 e. The van der Waals surface area contributed by atoms with Gasteiger partial charge in [0.15, 0.2) is 0 Å². The Morgan fingerprint density at radius 2 is 2.23 bits per heavy atom. The first-order valence-electron chi connectivity index (χ1n) is 8.17. The molecule has 0 saturated heterocycles. The van der Waals surface area contributed by atoms with Crippen molar-refractivity contribution in [3.63, 3.8) is 0 Å². The average molecular weight is 386 g/mol. The molecule has 0 fully saturated rings. The minimum absolute atomic E-state index is 0.0929. The molecule has 5 nitrogen and oxygen atoms in total. The van der Waals surface area contributed by atoms with E-state index in [2.05, 4.69) is 15.2 Å². The highest BCUT2D eigenvalue weighted by Gasteiger charge is 2.22. The van der Waals surface area contributed by atoms with Crippen LogP contribution in [0.15, 0.2) is 54.9 Å². The number of aromatic nitrogens is 1. The van der Waals surface area contributed by atoms with Crippen molar-refractivity contribution in [2.24, 2.45) is 0 Å². The number of carbonyl (C=O) groups excluding carboxylic acids is 1. The first kappa shape index (κ1) is 16.9. The fraction of sp³-hybridized carbons (Fsp3) is 0.158. The zero-order valence-electron chi connectivity index (χ0n) is 13.8. The third-order valence-electron chi connectivity index (χ3n) is 4.04. The van der Waals surface area contributed by atoms with Crippen molar-refractivity contribution >= 4 is 39.5 Å². The summed E-state index contributed by atoms with van der Waals surface area (Å²) in [6, 6.07) is 13.2. The number of hydrogen-bond donors (Lipinski definition) is 1. The number of nitrogens with one attached hydrogen (secondary N) is 1. The summed E-state index contributed by atoms with van der Waals surface area (Å²) in [6.07, 6.45) is 3.46. The summed E-state index contributed by atoms with van der Waals surface area (Å²) in [4.78, 5) is 19.3. The number of halogens is 1. The van der Waals surface area contributed by atoms with E-state index >= 15 is 0 Å². The lowest BCUT2D eigenvalue weighted by Crippen LogP contribution is -2.27.